The molecule has 0 amide bonds. The van der Waals surface area contributed by atoms with E-state index in [0.29, 0.717) is 30.3 Å². The summed E-state index contributed by atoms with van der Waals surface area (Å²) in [5.74, 6) is 0.488. The Labute approximate surface area is 162 Å². The lowest BCUT2D eigenvalue weighted by atomic mass is 10.1. The fourth-order valence-electron chi connectivity index (χ4n) is 2.64. The third-order valence-corrected chi connectivity index (χ3v) is 5.92. The van der Waals surface area contributed by atoms with Gasteiger partial charge in [0.05, 0.1) is 22.6 Å². The number of sulfonamides is 1. The first-order chi connectivity index (χ1) is 12.8. The van der Waals surface area contributed by atoms with Gasteiger partial charge in [0.25, 0.3) is 0 Å². The first-order valence-corrected chi connectivity index (χ1v) is 9.97. The van der Waals surface area contributed by atoms with Crippen molar-refractivity contribution in [3.05, 3.63) is 52.5 Å². The van der Waals surface area contributed by atoms with Gasteiger partial charge in [0.2, 0.25) is 10.0 Å². The molecular formula is C18H18ClNO6S. The zero-order chi connectivity index (χ0) is 19.6. The van der Waals surface area contributed by atoms with E-state index >= 15 is 0 Å². The zero-order valence-corrected chi connectivity index (χ0v) is 16.3. The number of carbonyl (C=O) groups is 1. The molecular weight excluding hydrogens is 394 g/mol. The van der Waals surface area contributed by atoms with Crippen molar-refractivity contribution in [3.8, 4) is 11.5 Å². The Hall–Kier alpha value is -2.29. The number of benzene rings is 2. The monoisotopic (exact) mass is 411 g/mol. The maximum absolute atomic E-state index is 12.7. The molecule has 0 aromatic heterocycles. The second-order valence-corrected chi connectivity index (χ2v) is 8.00. The number of methoxy groups -OCH3 is 1. The van der Waals surface area contributed by atoms with Crippen LogP contribution in [-0.4, -0.2) is 34.7 Å². The smallest absolute Gasteiger partial charge is 0.339 e. The van der Waals surface area contributed by atoms with Crippen molar-refractivity contribution in [2.24, 2.45) is 0 Å². The number of hydrogen-bond donors (Lipinski definition) is 1. The number of nitrogens with one attached hydrogen (secondary N) is 1. The molecule has 0 saturated carbocycles. The third kappa shape index (κ3) is 4.18. The summed E-state index contributed by atoms with van der Waals surface area (Å²) >= 11 is 5.95. The molecule has 1 heterocycles. The largest absolute Gasteiger partial charge is 0.486 e. The number of halogens is 1. The van der Waals surface area contributed by atoms with Crippen molar-refractivity contribution >= 4 is 27.6 Å². The second-order valence-electron chi connectivity index (χ2n) is 5.88. The average molecular weight is 412 g/mol. The number of rotatable bonds is 5. The Kier molecular flexibility index (Phi) is 5.59. The van der Waals surface area contributed by atoms with Crippen molar-refractivity contribution < 1.29 is 27.4 Å². The predicted molar refractivity (Wildman–Crippen MR) is 99.0 cm³/mol. The molecule has 1 N–H and O–H groups in total. The van der Waals surface area contributed by atoms with Crippen LogP contribution in [0.15, 0.2) is 41.3 Å². The van der Waals surface area contributed by atoms with Crippen molar-refractivity contribution in [2.45, 2.75) is 17.9 Å². The minimum absolute atomic E-state index is 0.0194. The van der Waals surface area contributed by atoms with Gasteiger partial charge in [0, 0.05) is 6.04 Å². The summed E-state index contributed by atoms with van der Waals surface area (Å²) in [6.45, 7) is 2.63. The van der Waals surface area contributed by atoms with E-state index in [4.69, 9.17) is 21.1 Å². The molecule has 9 heteroatoms. The van der Waals surface area contributed by atoms with Crippen molar-refractivity contribution in [1.82, 2.24) is 4.72 Å². The molecule has 0 radical (unpaired) electrons. The predicted octanol–water partition coefficient (Wildman–Crippen LogP) is 2.94. The van der Waals surface area contributed by atoms with Crippen LogP contribution < -0.4 is 14.2 Å². The Morgan fingerprint density at radius 3 is 2.56 bits per heavy atom. The maximum atomic E-state index is 12.7. The first-order valence-electron chi connectivity index (χ1n) is 8.11. The minimum Gasteiger partial charge on any atom is -0.486 e. The Bertz CT molecular complexity index is 976. The summed E-state index contributed by atoms with van der Waals surface area (Å²) in [6, 6.07) is 8.57. The van der Waals surface area contributed by atoms with Gasteiger partial charge in [-0.25, -0.2) is 17.9 Å². The summed E-state index contributed by atoms with van der Waals surface area (Å²) in [6.07, 6.45) is 0. The summed E-state index contributed by atoms with van der Waals surface area (Å²) in [7, 11) is -2.70. The van der Waals surface area contributed by atoms with E-state index in [9.17, 15) is 13.2 Å². The Morgan fingerprint density at radius 1 is 1.15 bits per heavy atom. The van der Waals surface area contributed by atoms with Crippen molar-refractivity contribution in [2.75, 3.05) is 20.3 Å². The summed E-state index contributed by atoms with van der Waals surface area (Å²) < 4.78 is 43.6. The van der Waals surface area contributed by atoms with Crippen LogP contribution in [0.3, 0.4) is 0 Å². The van der Waals surface area contributed by atoms with Gasteiger partial charge in [-0.3, -0.25) is 0 Å². The van der Waals surface area contributed by atoms with Gasteiger partial charge in [-0.1, -0.05) is 17.7 Å². The number of esters is 1. The van der Waals surface area contributed by atoms with Crippen LogP contribution in [0.2, 0.25) is 5.02 Å². The van der Waals surface area contributed by atoms with Crippen LogP contribution in [0.5, 0.6) is 11.5 Å². The zero-order valence-electron chi connectivity index (χ0n) is 14.7. The second kappa shape index (κ2) is 7.75. The van der Waals surface area contributed by atoms with E-state index in [1.54, 1.807) is 25.1 Å². The van der Waals surface area contributed by atoms with Crippen LogP contribution >= 0.6 is 11.6 Å². The molecule has 0 saturated heterocycles. The molecule has 0 bridgehead atoms. The van der Waals surface area contributed by atoms with Crippen LogP contribution in [-0.2, 0) is 14.8 Å². The van der Waals surface area contributed by atoms with Gasteiger partial charge in [0.15, 0.2) is 11.5 Å². The molecule has 3 rings (SSSR count). The van der Waals surface area contributed by atoms with Crippen molar-refractivity contribution in [1.29, 1.82) is 0 Å². The highest BCUT2D eigenvalue weighted by atomic mass is 35.5. The molecule has 0 aliphatic carbocycles. The molecule has 0 spiro atoms. The van der Waals surface area contributed by atoms with Gasteiger partial charge in [-0.15, -0.1) is 0 Å². The highest BCUT2D eigenvalue weighted by Gasteiger charge is 2.23. The standard InChI is InChI=1S/C18H18ClNO6S/c1-11(12-3-6-16-17(9-12)26-8-7-25-16)20-27(22,23)13-4-5-15(19)14(10-13)18(21)24-2/h3-6,9-11,20H,7-8H2,1-2H3. The van der Waals surface area contributed by atoms with E-state index in [0.717, 1.165) is 0 Å². The van der Waals surface area contributed by atoms with E-state index < -0.39 is 22.0 Å². The molecule has 1 aliphatic heterocycles. The number of fused-ring (bicyclic) bond motifs is 1. The molecule has 1 aliphatic rings. The van der Waals surface area contributed by atoms with E-state index in [2.05, 4.69) is 9.46 Å². The molecule has 1 unspecified atom stereocenters. The van der Waals surface area contributed by atoms with E-state index in [1.807, 2.05) is 0 Å². The molecule has 7 nitrogen and oxygen atoms in total. The van der Waals surface area contributed by atoms with Crippen LogP contribution in [0.25, 0.3) is 0 Å². The highest BCUT2D eigenvalue weighted by Crippen LogP contribution is 2.33. The van der Waals surface area contributed by atoms with Gasteiger partial charge in [-0.05, 0) is 42.8 Å². The van der Waals surface area contributed by atoms with E-state index in [-0.39, 0.29) is 15.5 Å². The average Bonchev–Trinajstić information content (AvgIpc) is 2.66. The Morgan fingerprint density at radius 2 is 1.85 bits per heavy atom. The molecule has 144 valence electrons. The number of ether oxygens (including phenoxy) is 3. The minimum atomic E-state index is -3.90. The lowest BCUT2D eigenvalue weighted by Gasteiger charge is -2.21. The van der Waals surface area contributed by atoms with Gasteiger partial charge in [0.1, 0.15) is 13.2 Å². The van der Waals surface area contributed by atoms with Crippen molar-refractivity contribution in [3.63, 3.8) is 0 Å². The summed E-state index contributed by atoms with van der Waals surface area (Å²) in [5.41, 5.74) is 0.694. The highest BCUT2D eigenvalue weighted by molar-refractivity contribution is 7.89. The normalized spacial score (nSPS) is 14.5. The third-order valence-electron chi connectivity index (χ3n) is 4.05. The molecule has 2 aromatic rings. The first kappa shape index (κ1) is 19.5. The van der Waals surface area contributed by atoms with Gasteiger partial charge in [-0.2, -0.15) is 0 Å². The topological polar surface area (TPSA) is 90.9 Å². The SMILES string of the molecule is COC(=O)c1cc(S(=O)(=O)NC(C)c2ccc3c(c2)OCCO3)ccc1Cl. The molecule has 2 aromatic carbocycles. The lowest BCUT2D eigenvalue weighted by molar-refractivity contribution is 0.0600. The summed E-state index contributed by atoms with van der Waals surface area (Å²) in [5, 5.41) is 0.112. The van der Waals surface area contributed by atoms with Gasteiger partial charge < -0.3 is 14.2 Å². The van der Waals surface area contributed by atoms with Crippen LogP contribution in [0, 0.1) is 0 Å². The maximum Gasteiger partial charge on any atom is 0.339 e. The van der Waals surface area contributed by atoms with E-state index in [1.165, 1.54) is 25.3 Å². The quantitative estimate of drug-likeness (QED) is 0.760. The Balaban J connectivity index is 1.85. The van der Waals surface area contributed by atoms with Crippen LogP contribution in [0.1, 0.15) is 28.9 Å². The number of carbonyl (C=O) groups excluding carboxylic acids is 1. The van der Waals surface area contributed by atoms with Crippen LogP contribution in [0.4, 0.5) is 0 Å². The molecule has 27 heavy (non-hydrogen) atoms. The summed E-state index contributed by atoms with van der Waals surface area (Å²) in [4.78, 5) is 11.7. The fraction of sp³-hybridized carbons (Fsp3) is 0.278. The molecule has 0 fully saturated rings. The number of hydrogen-bond acceptors (Lipinski definition) is 6. The molecule has 1 atom stereocenters. The van der Waals surface area contributed by atoms with Gasteiger partial charge >= 0.3 is 5.97 Å². The lowest BCUT2D eigenvalue weighted by Crippen LogP contribution is -2.27. The fourth-order valence-corrected chi connectivity index (χ4v) is 4.09.